The first-order chi connectivity index (χ1) is 4.88. The first-order valence-electron chi connectivity index (χ1n) is 2.91. The molecular weight excluding hydrogens is 150 g/mol. The maximum absolute atomic E-state index is 10.2. The molecule has 10 heavy (non-hydrogen) atoms. The lowest BCUT2D eigenvalue weighted by Crippen LogP contribution is -2.41. The topological polar surface area (TPSA) is 35.6 Å². The second-order valence-electron chi connectivity index (χ2n) is 1.65. The molecule has 1 aliphatic rings. The molecule has 1 radical (unpaired) electrons. The van der Waals surface area contributed by atoms with Crippen molar-refractivity contribution in [3.8, 4) is 0 Å². The molecule has 1 rings (SSSR count). The predicted molar refractivity (Wildman–Crippen MR) is 39.8 cm³/mol. The van der Waals surface area contributed by atoms with Gasteiger partial charge in [-0.25, -0.2) is 10.1 Å². The average molecular weight is 158 g/mol. The van der Waals surface area contributed by atoms with Crippen molar-refractivity contribution in [2.45, 2.75) is 6.92 Å². The zero-order valence-electron chi connectivity index (χ0n) is 5.57. The van der Waals surface area contributed by atoms with Crippen molar-refractivity contribution in [1.29, 1.82) is 0 Å². The van der Waals surface area contributed by atoms with Gasteiger partial charge >= 0.3 is 6.41 Å². The molecule has 0 aliphatic carbocycles. The van der Waals surface area contributed by atoms with Crippen LogP contribution in [0.15, 0.2) is 11.6 Å². The van der Waals surface area contributed by atoms with E-state index >= 15 is 0 Å². The molecule has 0 fully saturated rings. The van der Waals surface area contributed by atoms with E-state index in [1.54, 1.807) is 17.7 Å². The zero-order chi connectivity index (χ0) is 7.40. The standard InChI is InChI=1S/C5H8N3OS/c1-2-7(5-9)8-3-4-10-6-8/h3-4,6H,2H2,1H3. The maximum Gasteiger partial charge on any atom is 0.333 e. The third-order valence-electron chi connectivity index (χ3n) is 1.08. The minimum atomic E-state index is 0.612. The van der Waals surface area contributed by atoms with Crippen LogP contribution in [0.5, 0.6) is 0 Å². The van der Waals surface area contributed by atoms with E-state index in [0.29, 0.717) is 6.54 Å². The number of hydrogen-bond acceptors (Lipinski definition) is 4. The Morgan fingerprint density at radius 3 is 3.10 bits per heavy atom. The van der Waals surface area contributed by atoms with Crippen molar-refractivity contribution in [2.75, 3.05) is 6.54 Å². The number of nitrogens with one attached hydrogen (secondary N) is 1. The number of hydrogen-bond donors (Lipinski definition) is 1. The number of amides is 1. The van der Waals surface area contributed by atoms with Crippen molar-refractivity contribution < 1.29 is 4.79 Å². The van der Waals surface area contributed by atoms with Gasteiger partial charge in [-0.15, -0.1) is 0 Å². The fraction of sp³-hybridized carbons (Fsp3) is 0.400. The van der Waals surface area contributed by atoms with Crippen LogP contribution in [0.1, 0.15) is 6.92 Å². The first-order valence-corrected chi connectivity index (χ1v) is 3.79. The van der Waals surface area contributed by atoms with E-state index in [1.165, 1.54) is 17.0 Å². The van der Waals surface area contributed by atoms with Gasteiger partial charge in [-0.2, -0.15) is 4.83 Å². The van der Waals surface area contributed by atoms with E-state index in [0.717, 1.165) is 0 Å². The Balaban J connectivity index is 2.44. The molecule has 0 saturated carbocycles. The average Bonchev–Trinajstić information content (AvgIpc) is 2.43. The van der Waals surface area contributed by atoms with E-state index in [1.807, 2.05) is 12.3 Å². The number of rotatable bonds is 3. The number of hydrazine groups is 2. The molecule has 0 aromatic rings. The number of nitrogens with zero attached hydrogens (tertiary/aromatic N) is 2. The van der Waals surface area contributed by atoms with Crippen LogP contribution < -0.4 is 4.83 Å². The highest BCUT2D eigenvalue weighted by atomic mass is 32.2. The van der Waals surface area contributed by atoms with Crippen molar-refractivity contribution in [3.63, 3.8) is 0 Å². The molecule has 4 nitrogen and oxygen atoms in total. The lowest BCUT2D eigenvalue weighted by atomic mass is 10.7. The van der Waals surface area contributed by atoms with Crippen LogP contribution >= 0.6 is 11.9 Å². The van der Waals surface area contributed by atoms with Gasteiger partial charge in [0.25, 0.3) is 0 Å². The summed E-state index contributed by atoms with van der Waals surface area (Å²) < 4.78 is 0. The van der Waals surface area contributed by atoms with E-state index < -0.39 is 0 Å². The molecule has 1 heterocycles. The summed E-state index contributed by atoms with van der Waals surface area (Å²) in [6.45, 7) is 2.49. The Morgan fingerprint density at radius 2 is 2.70 bits per heavy atom. The first kappa shape index (κ1) is 7.43. The van der Waals surface area contributed by atoms with E-state index in [4.69, 9.17) is 0 Å². The molecule has 0 spiro atoms. The largest absolute Gasteiger partial charge is 0.333 e. The fourth-order valence-electron chi connectivity index (χ4n) is 0.594. The van der Waals surface area contributed by atoms with Gasteiger partial charge < -0.3 is 0 Å². The van der Waals surface area contributed by atoms with Gasteiger partial charge in [0.15, 0.2) is 0 Å². The number of carbonyl (C=O) groups excluding carboxylic acids is 1. The molecule has 0 saturated heterocycles. The van der Waals surface area contributed by atoms with Crippen molar-refractivity contribution in [2.24, 2.45) is 0 Å². The van der Waals surface area contributed by atoms with Crippen LogP contribution in [0, 0.1) is 0 Å². The Kier molecular flexibility index (Phi) is 2.58. The predicted octanol–water partition coefficient (Wildman–Crippen LogP) is 0.230. The van der Waals surface area contributed by atoms with E-state index in [9.17, 15) is 4.79 Å². The summed E-state index contributed by atoms with van der Waals surface area (Å²) in [5.41, 5.74) is 0. The van der Waals surface area contributed by atoms with Gasteiger partial charge in [-0.05, 0) is 18.9 Å². The Bertz CT molecular complexity index is 150. The van der Waals surface area contributed by atoms with Gasteiger partial charge in [0, 0.05) is 18.2 Å². The Morgan fingerprint density at radius 1 is 1.90 bits per heavy atom. The van der Waals surface area contributed by atoms with Crippen LogP contribution in [-0.4, -0.2) is 23.1 Å². The normalized spacial score (nSPS) is 15.9. The molecule has 0 aromatic carbocycles. The highest BCUT2D eigenvalue weighted by molar-refractivity contribution is 8.00. The lowest BCUT2D eigenvalue weighted by Gasteiger charge is -2.24. The molecular formula is C5H8N3OS. The molecule has 1 aliphatic heterocycles. The van der Waals surface area contributed by atoms with Crippen molar-refractivity contribution in [1.82, 2.24) is 15.0 Å². The van der Waals surface area contributed by atoms with Gasteiger partial charge in [0.1, 0.15) is 0 Å². The molecule has 1 amide bonds. The van der Waals surface area contributed by atoms with Crippen LogP contribution in [0.25, 0.3) is 0 Å². The summed E-state index contributed by atoms with van der Waals surface area (Å²) in [5.74, 6) is 0. The van der Waals surface area contributed by atoms with Gasteiger partial charge in [-0.3, -0.25) is 4.79 Å². The second kappa shape index (κ2) is 3.48. The maximum atomic E-state index is 10.2. The van der Waals surface area contributed by atoms with E-state index in [2.05, 4.69) is 4.83 Å². The third kappa shape index (κ3) is 1.43. The molecule has 0 unspecified atom stereocenters. The molecule has 1 N–H and O–H groups in total. The van der Waals surface area contributed by atoms with Crippen LogP contribution in [-0.2, 0) is 4.79 Å². The third-order valence-corrected chi connectivity index (χ3v) is 1.63. The summed E-state index contributed by atoms with van der Waals surface area (Å²) in [5, 5.41) is 4.83. The van der Waals surface area contributed by atoms with Gasteiger partial charge in [0.05, 0.1) is 0 Å². The molecule has 0 atom stereocenters. The molecule has 0 bridgehead atoms. The molecule has 5 heteroatoms. The minimum Gasteiger partial charge on any atom is -0.261 e. The van der Waals surface area contributed by atoms with Crippen molar-refractivity contribution >= 4 is 18.4 Å². The smallest absolute Gasteiger partial charge is 0.261 e. The highest BCUT2D eigenvalue weighted by Crippen LogP contribution is 2.09. The monoisotopic (exact) mass is 158 g/mol. The molecule has 55 valence electrons. The quantitative estimate of drug-likeness (QED) is 0.471. The Labute approximate surface area is 63.9 Å². The van der Waals surface area contributed by atoms with Gasteiger partial charge in [-0.1, -0.05) is 0 Å². The highest BCUT2D eigenvalue weighted by Gasteiger charge is 2.10. The summed E-state index contributed by atoms with van der Waals surface area (Å²) in [7, 11) is 0. The summed E-state index contributed by atoms with van der Waals surface area (Å²) in [6.07, 6.45) is 3.54. The molecule has 0 aromatic heterocycles. The van der Waals surface area contributed by atoms with Crippen molar-refractivity contribution in [3.05, 3.63) is 11.6 Å². The minimum absolute atomic E-state index is 0.612. The Hall–Kier alpha value is -0.680. The zero-order valence-corrected chi connectivity index (χ0v) is 6.39. The lowest BCUT2D eigenvalue weighted by molar-refractivity contribution is 0.0886. The summed E-state index contributed by atoms with van der Waals surface area (Å²) in [6, 6.07) is 0. The summed E-state index contributed by atoms with van der Waals surface area (Å²) >= 11 is 1.42. The van der Waals surface area contributed by atoms with E-state index in [-0.39, 0.29) is 0 Å². The summed E-state index contributed by atoms with van der Waals surface area (Å²) in [4.78, 5) is 13.1. The van der Waals surface area contributed by atoms with Crippen LogP contribution in [0.2, 0.25) is 0 Å². The fourth-order valence-corrected chi connectivity index (χ4v) is 1.10. The van der Waals surface area contributed by atoms with Gasteiger partial charge in [0.2, 0.25) is 0 Å². The van der Waals surface area contributed by atoms with Crippen LogP contribution in [0.3, 0.4) is 0 Å². The SMILES string of the molecule is CCN([C]=O)N1C=CSN1. The second-order valence-corrected chi connectivity index (χ2v) is 2.34. The van der Waals surface area contributed by atoms with Crippen LogP contribution in [0.4, 0.5) is 0 Å².